The molecule has 21 heavy (non-hydrogen) atoms. The van der Waals surface area contributed by atoms with Crippen LogP contribution in [0.25, 0.3) is 0 Å². The Bertz CT molecular complexity index is 666. The molecule has 1 aliphatic carbocycles. The molecule has 1 atom stereocenters. The summed E-state index contributed by atoms with van der Waals surface area (Å²) in [6.07, 6.45) is 1.81. The summed E-state index contributed by atoms with van der Waals surface area (Å²) in [5, 5.41) is 3.26. The Balaban J connectivity index is 1.71. The third-order valence-electron chi connectivity index (χ3n) is 3.87. The fourth-order valence-electron chi connectivity index (χ4n) is 2.81. The van der Waals surface area contributed by atoms with Crippen molar-refractivity contribution in [2.24, 2.45) is 0 Å². The summed E-state index contributed by atoms with van der Waals surface area (Å²) >= 11 is 5.95. The summed E-state index contributed by atoms with van der Waals surface area (Å²) in [6, 6.07) is 12.5. The number of halogens is 2. The molecule has 2 aromatic carbocycles. The van der Waals surface area contributed by atoms with Gasteiger partial charge in [0.15, 0.2) is 0 Å². The number of carbonyl (C=O) groups is 1. The zero-order chi connectivity index (χ0) is 14.8. The second-order valence-corrected chi connectivity index (χ2v) is 5.64. The van der Waals surface area contributed by atoms with E-state index >= 15 is 0 Å². The second kappa shape index (κ2) is 5.86. The Labute approximate surface area is 127 Å². The first-order chi connectivity index (χ1) is 10.1. The quantitative estimate of drug-likeness (QED) is 0.917. The van der Waals surface area contributed by atoms with E-state index in [0.29, 0.717) is 0 Å². The molecular weight excluding hydrogens is 289 g/mol. The molecule has 0 aliphatic heterocycles. The molecule has 3 rings (SSSR count). The predicted octanol–water partition coefficient (Wildman–Crippen LogP) is 3.83. The van der Waals surface area contributed by atoms with E-state index in [1.54, 1.807) is 6.07 Å². The SMILES string of the molecule is O=C(Cc1c(F)cccc1Cl)NC1CCc2ccccc21. The first-order valence-corrected chi connectivity index (χ1v) is 7.33. The van der Waals surface area contributed by atoms with Crippen molar-refractivity contribution >= 4 is 17.5 Å². The van der Waals surface area contributed by atoms with E-state index in [4.69, 9.17) is 11.6 Å². The molecule has 0 heterocycles. The van der Waals surface area contributed by atoms with Gasteiger partial charge in [-0.15, -0.1) is 0 Å². The first-order valence-electron chi connectivity index (χ1n) is 6.95. The second-order valence-electron chi connectivity index (χ2n) is 5.23. The van der Waals surface area contributed by atoms with Crippen molar-refractivity contribution in [2.75, 3.05) is 0 Å². The van der Waals surface area contributed by atoms with Crippen LogP contribution in [0.2, 0.25) is 5.02 Å². The number of nitrogens with one attached hydrogen (secondary N) is 1. The molecule has 4 heteroatoms. The summed E-state index contributed by atoms with van der Waals surface area (Å²) in [5.74, 6) is -0.645. The lowest BCUT2D eigenvalue weighted by Crippen LogP contribution is -2.28. The smallest absolute Gasteiger partial charge is 0.225 e. The van der Waals surface area contributed by atoms with Gasteiger partial charge in [-0.3, -0.25) is 4.79 Å². The van der Waals surface area contributed by atoms with Gasteiger partial charge in [0, 0.05) is 10.6 Å². The number of hydrogen-bond donors (Lipinski definition) is 1. The third-order valence-corrected chi connectivity index (χ3v) is 4.22. The predicted molar refractivity (Wildman–Crippen MR) is 80.8 cm³/mol. The van der Waals surface area contributed by atoms with Gasteiger partial charge >= 0.3 is 0 Å². The largest absolute Gasteiger partial charge is 0.349 e. The van der Waals surface area contributed by atoms with Crippen LogP contribution >= 0.6 is 11.6 Å². The molecule has 1 N–H and O–H groups in total. The molecule has 0 aromatic heterocycles. The summed E-state index contributed by atoms with van der Waals surface area (Å²) in [5.41, 5.74) is 2.68. The van der Waals surface area contributed by atoms with Gasteiger partial charge in [0.25, 0.3) is 0 Å². The first kappa shape index (κ1) is 14.1. The van der Waals surface area contributed by atoms with Crippen LogP contribution in [-0.4, -0.2) is 5.91 Å². The highest BCUT2D eigenvalue weighted by atomic mass is 35.5. The number of aryl methyl sites for hydroxylation is 1. The van der Waals surface area contributed by atoms with E-state index in [0.717, 1.165) is 18.4 Å². The maximum atomic E-state index is 13.7. The Hall–Kier alpha value is -1.87. The Morgan fingerprint density at radius 2 is 2.05 bits per heavy atom. The van der Waals surface area contributed by atoms with E-state index in [1.807, 2.05) is 18.2 Å². The maximum Gasteiger partial charge on any atom is 0.225 e. The fraction of sp³-hybridized carbons (Fsp3) is 0.235. The van der Waals surface area contributed by atoms with Crippen LogP contribution in [0.3, 0.4) is 0 Å². The molecule has 0 spiro atoms. The van der Waals surface area contributed by atoms with Crippen molar-refractivity contribution in [1.29, 1.82) is 0 Å². The highest BCUT2D eigenvalue weighted by Gasteiger charge is 2.23. The molecule has 1 aliphatic rings. The van der Waals surface area contributed by atoms with Crippen LogP contribution in [-0.2, 0) is 17.6 Å². The van der Waals surface area contributed by atoms with Gasteiger partial charge in [-0.25, -0.2) is 4.39 Å². The summed E-state index contributed by atoms with van der Waals surface area (Å²) < 4.78 is 13.7. The van der Waals surface area contributed by atoms with Crippen LogP contribution in [0.4, 0.5) is 4.39 Å². The van der Waals surface area contributed by atoms with Crippen LogP contribution in [0.15, 0.2) is 42.5 Å². The number of rotatable bonds is 3. The lowest BCUT2D eigenvalue weighted by Gasteiger charge is -2.14. The van der Waals surface area contributed by atoms with E-state index in [1.165, 1.54) is 17.7 Å². The molecule has 0 radical (unpaired) electrons. The van der Waals surface area contributed by atoms with Crippen molar-refractivity contribution in [1.82, 2.24) is 5.32 Å². The topological polar surface area (TPSA) is 29.1 Å². The molecule has 0 fully saturated rings. The monoisotopic (exact) mass is 303 g/mol. The number of amides is 1. The van der Waals surface area contributed by atoms with Gasteiger partial charge < -0.3 is 5.32 Å². The molecule has 1 amide bonds. The molecule has 2 nitrogen and oxygen atoms in total. The number of carbonyl (C=O) groups excluding carboxylic acids is 1. The molecule has 108 valence electrons. The van der Waals surface area contributed by atoms with Gasteiger partial charge in [-0.1, -0.05) is 41.9 Å². The van der Waals surface area contributed by atoms with Gasteiger partial charge in [0.2, 0.25) is 5.91 Å². The number of hydrogen-bond acceptors (Lipinski definition) is 1. The molecular formula is C17H15ClFNO. The maximum absolute atomic E-state index is 13.7. The van der Waals surface area contributed by atoms with Crippen molar-refractivity contribution in [3.05, 3.63) is 70.0 Å². The van der Waals surface area contributed by atoms with Crippen molar-refractivity contribution in [2.45, 2.75) is 25.3 Å². The Morgan fingerprint density at radius 3 is 2.86 bits per heavy atom. The van der Waals surface area contributed by atoms with E-state index in [9.17, 15) is 9.18 Å². The molecule has 1 unspecified atom stereocenters. The van der Waals surface area contributed by atoms with Crippen LogP contribution < -0.4 is 5.32 Å². The third kappa shape index (κ3) is 2.93. The van der Waals surface area contributed by atoms with Crippen molar-refractivity contribution in [3.8, 4) is 0 Å². The Morgan fingerprint density at radius 1 is 1.24 bits per heavy atom. The lowest BCUT2D eigenvalue weighted by molar-refractivity contribution is -0.121. The average molecular weight is 304 g/mol. The van der Waals surface area contributed by atoms with Gasteiger partial charge in [-0.2, -0.15) is 0 Å². The number of benzene rings is 2. The molecule has 0 saturated carbocycles. The minimum absolute atomic E-state index is 0.0132. The molecule has 0 saturated heterocycles. The summed E-state index contributed by atoms with van der Waals surface area (Å²) in [4.78, 5) is 12.1. The fourth-order valence-corrected chi connectivity index (χ4v) is 3.04. The zero-order valence-electron chi connectivity index (χ0n) is 11.4. The van der Waals surface area contributed by atoms with Gasteiger partial charge in [0.05, 0.1) is 12.5 Å². The Kier molecular flexibility index (Phi) is 3.93. The normalized spacial score (nSPS) is 16.6. The van der Waals surface area contributed by atoms with Crippen LogP contribution in [0, 0.1) is 5.82 Å². The zero-order valence-corrected chi connectivity index (χ0v) is 12.2. The van der Waals surface area contributed by atoms with Gasteiger partial charge in [0.1, 0.15) is 5.82 Å². The highest BCUT2D eigenvalue weighted by molar-refractivity contribution is 6.31. The van der Waals surface area contributed by atoms with Crippen molar-refractivity contribution in [3.63, 3.8) is 0 Å². The van der Waals surface area contributed by atoms with E-state index in [-0.39, 0.29) is 29.0 Å². The average Bonchev–Trinajstić information content (AvgIpc) is 2.87. The van der Waals surface area contributed by atoms with Crippen molar-refractivity contribution < 1.29 is 9.18 Å². The number of fused-ring (bicyclic) bond motifs is 1. The standard InChI is InChI=1S/C17H15ClFNO/c18-14-6-3-7-15(19)13(14)10-17(21)20-16-9-8-11-4-1-2-5-12(11)16/h1-7,16H,8-10H2,(H,20,21). The van der Waals surface area contributed by atoms with E-state index in [2.05, 4.69) is 11.4 Å². The molecule has 2 aromatic rings. The summed E-state index contributed by atoms with van der Waals surface area (Å²) in [6.45, 7) is 0. The van der Waals surface area contributed by atoms with Crippen LogP contribution in [0.1, 0.15) is 29.2 Å². The van der Waals surface area contributed by atoms with E-state index < -0.39 is 5.82 Å². The minimum Gasteiger partial charge on any atom is -0.349 e. The minimum atomic E-state index is -0.440. The summed E-state index contributed by atoms with van der Waals surface area (Å²) in [7, 11) is 0. The molecule has 0 bridgehead atoms. The van der Waals surface area contributed by atoms with Gasteiger partial charge in [-0.05, 0) is 36.1 Å². The van der Waals surface area contributed by atoms with Crippen LogP contribution in [0.5, 0.6) is 0 Å². The lowest BCUT2D eigenvalue weighted by atomic mass is 10.1. The highest BCUT2D eigenvalue weighted by Crippen LogP contribution is 2.30.